The fourth-order valence-corrected chi connectivity index (χ4v) is 5.50. The van der Waals surface area contributed by atoms with E-state index in [2.05, 4.69) is 37.6 Å². The van der Waals surface area contributed by atoms with Crippen LogP contribution in [0.15, 0.2) is 54.7 Å². The SMILES string of the molecule is O=C(NCCN1CCC2(CC1)C(=O)NCN2c1ccccc1)c1cc2cccnc2s1. The first kappa shape index (κ1) is 20.0. The van der Waals surface area contributed by atoms with Crippen molar-refractivity contribution in [3.63, 3.8) is 0 Å². The molecule has 1 spiro atoms. The fraction of sp³-hybridized carbons (Fsp3) is 0.348. The predicted molar refractivity (Wildman–Crippen MR) is 122 cm³/mol. The van der Waals surface area contributed by atoms with Gasteiger partial charge in [0.2, 0.25) is 5.91 Å². The first-order valence-corrected chi connectivity index (χ1v) is 11.4. The van der Waals surface area contributed by atoms with Crippen LogP contribution in [0.3, 0.4) is 0 Å². The van der Waals surface area contributed by atoms with E-state index in [0.717, 1.165) is 48.4 Å². The molecule has 5 rings (SSSR count). The number of carbonyl (C=O) groups excluding carboxylic acids is 2. The second kappa shape index (κ2) is 8.28. The number of nitrogens with zero attached hydrogens (tertiary/aromatic N) is 3. The quantitative estimate of drug-likeness (QED) is 0.644. The molecule has 0 saturated carbocycles. The van der Waals surface area contributed by atoms with E-state index in [1.807, 2.05) is 36.4 Å². The lowest BCUT2D eigenvalue weighted by Crippen LogP contribution is -2.57. The number of pyridine rings is 1. The second-order valence-corrected chi connectivity index (χ2v) is 9.10. The summed E-state index contributed by atoms with van der Waals surface area (Å²) in [5, 5.41) is 7.06. The van der Waals surface area contributed by atoms with Crippen molar-refractivity contribution >= 4 is 39.1 Å². The maximum Gasteiger partial charge on any atom is 0.261 e. The van der Waals surface area contributed by atoms with Gasteiger partial charge in [-0.25, -0.2) is 4.98 Å². The monoisotopic (exact) mass is 435 g/mol. The van der Waals surface area contributed by atoms with Gasteiger partial charge in [0, 0.05) is 43.4 Å². The molecule has 1 aromatic carbocycles. The normalized spacial score (nSPS) is 18.5. The summed E-state index contributed by atoms with van der Waals surface area (Å²) in [7, 11) is 0. The number of rotatable bonds is 5. The van der Waals surface area contributed by atoms with Crippen LogP contribution in [0.5, 0.6) is 0 Å². The minimum atomic E-state index is -0.467. The van der Waals surface area contributed by atoms with Crippen LogP contribution < -0.4 is 15.5 Å². The van der Waals surface area contributed by atoms with Gasteiger partial charge in [0.1, 0.15) is 10.4 Å². The number of carbonyl (C=O) groups is 2. The molecule has 0 unspecified atom stereocenters. The zero-order chi connectivity index (χ0) is 21.3. The number of hydrogen-bond donors (Lipinski definition) is 2. The van der Waals surface area contributed by atoms with Crippen molar-refractivity contribution in [3.8, 4) is 0 Å². The van der Waals surface area contributed by atoms with Gasteiger partial charge in [0.15, 0.2) is 0 Å². The van der Waals surface area contributed by atoms with Gasteiger partial charge < -0.3 is 20.4 Å². The highest BCUT2D eigenvalue weighted by atomic mass is 32.1. The summed E-state index contributed by atoms with van der Waals surface area (Å²) in [5.74, 6) is 0.0737. The van der Waals surface area contributed by atoms with Gasteiger partial charge in [-0.05, 0) is 37.1 Å². The van der Waals surface area contributed by atoms with Crippen LogP contribution in [-0.4, -0.2) is 60.1 Å². The van der Waals surface area contributed by atoms with Crippen molar-refractivity contribution in [3.05, 3.63) is 59.6 Å². The molecule has 0 bridgehead atoms. The zero-order valence-corrected chi connectivity index (χ0v) is 18.0. The van der Waals surface area contributed by atoms with Crippen molar-refractivity contribution in [1.82, 2.24) is 20.5 Å². The Hall–Kier alpha value is -2.97. The molecule has 4 heterocycles. The van der Waals surface area contributed by atoms with Crippen molar-refractivity contribution in [2.24, 2.45) is 0 Å². The van der Waals surface area contributed by atoms with E-state index in [0.29, 0.717) is 18.1 Å². The number of likely N-dealkylation sites (tertiary alicyclic amines) is 1. The van der Waals surface area contributed by atoms with E-state index in [-0.39, 0.29) is 11.8 Å². The first-order valence-electron chi connectivity index (χ1n) is 10.6. The van der Waals surface area contributed by atoms with Crippen molar-refractivity contribution in [2.75, 3.05) is 37.7 Å². The number of anilines is 1. The molecule has 2 aliphatic rings. The standard InChI is InChI=1S/C23H25N5O2S/c29-20(19-15-17-5-4-10-25-21(17)31-19)24-11-14-27-12-8-23(9-13-27)22(30)26-16-28(23)18-6-2-1-3-7-18/h1-7,10,15H,8-9,11-14,16H2,(H,24,29)(H,26,30). The molecule has 2 N–H and O–H groups in total. The Morgan fingerprint density at radius 2 is 1.97 bits per heavy atom. The average molecular weight is 436 g/mol. The first-order chi connectivity index (χ1) is 15.2. The molecule has 2 aliphatic heterocycles. The van der Waals surface area contributed by atoms with Gasteiger partial charge in [0.05, 0.1) is 11.5 Å². The molecule has 31 heavy (non-hydrogen) atoms. The molecule has 0 aliphatic carbocycles. The molecular formula is C23H25N5O2S. The van der Waals surface area contributed by atoms with Gasteiger partial charge in [-0.2, -0.15) is 0 Å². The number of piperidine rings is 1. The number of aromatic nitrogens is 1. The molecule has 0 radical (unpaired) electrons. The van der Waals surface area contributed by atoms with Crippen LogP contribution in [0.1, 0.15) is 22.5 Å². The average Bonchev–Trinajstić information content (AvgIpc) is 3.38. The van der Waals surface area contributed by atoms with E-state index >= 15 is 0 Å². The van der Waals surface area contributed by atoms with E-state index in [4.69, 9.17) is 0 Å². The third-order valence-corrected chi connectivity index (χ3v) is 7.38. The van der Waals surface area contributed by atoms with Gasteiger partial charge in [0.25, 0.3) is 5.91 Å². The Balaban J connectivity index is 1.15. The smallest absolute Gasteiger partial charge is 0.261 e. The Bertz CT molecular complexity index is 1060. The molecular weight excluding hydrogens is 410 g/mol. The third-order valence-electron chi connectivity index (χ3n) is 6.32. The summed E-state index contributed by atoms with van der Waals surface area (Å²) >= 11 is 1.42. The number of para-hydroxylation sites is 1. The molecule has 2 saturated heterocycles. The van der Waals surface area contributed by atoms with E-state index in [1.165, 1.54) is 11.3 Å². The largest absolute Gasteiger partial charge is 0.350 e. The number of fused-ring (bicyclic) bond motifs is 1. The number of amides is 2. The Labute approximate surface area is 185 Å². The number of nitrogens with one attached hydrogen (secondary N) is 2. The Morgan fingerprint density at radius 1 is 1.16 bits per heavy atom. The van der Waals surface area contributed by atoms with E-state index < -0.39 is 5.54 Å². The molecule has 0 atom stereocenters. The lowest BCUT2D eigenvalue weighted by molar-refractivity contribution is -0.125. The zero-order valence-electron chi connectivity index (χ0n) is 17.2. The van der Waals surface area contributed by atoms with Crippen LogP contribution in [0.4, 0.5) is 5.69 Å². The highest BCUT2D eigenvalue weighted by Crippen LogP contribution is 2.36. The van der Waals surface area contributed by atoms with Crippen molar-refractivity contribution in [1.29, 1.82) is 0 Å². The lowest BCUT2D eigenvalue weighted by Gasteiger charge is -2.43. The highest BCUT2D eigenvalue weighted by Gasteiger charge is 2.50. The van der Waals surface area contributed by atoms with Crippen LogP contribution in [0.25, 0.3) is 10.2 Å². The van der Waals surface area contributed by atoms with Crippen LogP contribution in [0, 0.1) is 0 Å². The summed E-state index contributed by atoms with van der Waals surface area (Å²) < 4.78 is 0. The predicted octanol–water partition coefficient (Wildman–Crippen LogP) is 2.45. The fourth-order valence-electron chi connectivity index (χ4n) is 4.58. The lowest BCUT2D eigenvalue weighted by atomic mass is 9.85. The summed E-state index contributed by atoms with van der Waals surface area (Å²) in [6.45, 7) is 3.59. The topological polar surface area (TPSA) is 77.6 Å². The minimum Gasteiger partial charge on any atom is -0.350 e. The minimum absolute atomic E-state index is 0.0538. The van der Waals surface area contributed by atoms with E-state index in [1.54, 1.807) is 6.20 Å². The molecule has 2 aromatic heterocycles. The molecule has 8 heteroatoms. The number of thiophene rings is 1. The number of hydrogen-bond acceptors (Lipinski definition) is 6. The van der Waals surface area contributed by atoms with Crippen molar-refractivity contribution in [2.45, 2.75) is 18.4 Å². The summed E-state index contributed by atoms with van der Waals surface area (Å²) in [6, 6.07) is 15.9. The second-order valence-electron chi connectivity index (χ2n) is 8.07. The highest BCUT2D eigenvalue weighted by molar-refractivity contribution is 7.20. The van der Waals surface area contributed by atoms with E-state index in [9.17, 15) is 9.59 Å². The van der Waals surface area contributed by atoms with Gasteiger partial charge >= 0.3 is 0 Å². The third kappa shape index (κ3) is 3.77. The van der Waals surface area contributed by atoms with Crippen LogP contribution in [0.2, 0.25) is 0 Å². The summed E-state index contributed by atoms with van der Waals surface area (Å²) in [5.41, 5.74) is 0.616. The summed E-state index contributed by atoms with van der Waals surface area (Å²) in [6.07, 6.45) is 3.31. The molecule has 2 amide bonds. The van der Waals surface area contributed by atoms with Gasteiger partial charge in [-0.1, -0.05) is 24.3 Å². The number of benzene rings is 1. The maximum atomic E-state index is 12.7. The Morgan fingerprint density at radius 3 is 2.74 bits per heavy atom. The van der Waals surface area contributed by atoms with Crippen LogP contribution >= 0.6 is 11.3 Å². The summed E-state index contributed by atoms with van der Waals surface area (Å²) in [4.78, 5) is 35.6. The Kier molecular flexibility index (Phi) is 5.33. The molecule has 160 valence electrons. The molecule has 7 nitrogen and oxygen atoms in total. The molecule has 3 aromatic rings. The van der Waals surface area contributed by atoms with Crippen molar-refractivity contribution < 1.29 is 9.59 Å². The molecule has 2 fully saturated rings. The van der Waals surface area contributed by atoms with Gasteiger partial charge in [-0.3, -0.25) is 9.59 Å². The van der Waals surface area contributed by atoms with Gasteiger partial charge in [-0.15, -0.1) is 11.3 Å². The van der Waals surface area contributed by atoms with Crippen LogP contribution in [-0.2, 0) is 4.79 Å². The maximum absolute atomic E-state index is 12.7.